The number of rotatable bonds is 5. The summed E-state index contributed by atoms with van der Waals surface area (Å²) in [5, 5.41) is 0. The van der Waals surface area contributed by atoms with Crippen LogP contribution in [0.2, 0.25) is 0 Å². The summed E-state index contributed by atoms with van der Waals surface area (Å²) in [5.74, 6) is 2.94. The molecule has 0 unspecified atom stereocenters. The Morgan fingerprint density at radius 2 is 1.91 bits per heavy atom. The van der Waals surface area contributed by atoms with Crippen LogP contribution in [-0.4, -0.2) is 16.4 Å². The van der Waals surface area contributed by atoms with Gasteiger partial charge in [0.25, 0.3) is 0 Å². The van der Waals surface area contributed by atoms with Crippen LogP contribution in [0.1, 0.15) is 72.6 Å². The van der Waals surface area contributed by atoms with Gasteiger partial charge in [-0.3, -0.25) is 8.37 Å². The molecular weight excluding hydrogens is 296 g/mol. The van der Waals surface area contributed by atoms with E-state index in [1.54, 1.807) is 0 Å². The van der Waals surface area contributed by atoms with Gasteiger partial charge in [-0.25, -0.2) is 0 Å². The summed E-state index contributed by atoms with van der Waals surface area (Å²) in [6.45, 7) is 9.55. The highest BCUT2D eigenvalue weighted by Gasteiger charge is 2.58. The standard InChI is InChI=1S/C18H32O3S/c1-12(2)6-5-7-13(3)14-8-9-15-17-16(20-22(19)21-17)10-11-18(14,15)4/h12-17H,5-11H2,1-4H3/t13-,14-,15+,16+,17-,18-,22-/m1/s1. The molecule has 0 aromatic heterocycles. The molecule has 0 spiro atoms. The smallest absolute Gasteiger partial charge is 0.262 e. The van der Waals surface area contributed by atoms with Crippen LogP contribution in [0.5, 0.6) is 0 Å². The summed E-state index contributed by atoms with van der Waals surface area (Å²) in [6, 6.07) is 0. The Balaban J connectivity index is 1.65. The van der Waals surface area contributed by atoms with Crippen molar-refractivity contribution in [1.29, 1.82) is 0 Å². The molecule has 1 aliphatic heterocycles. The zero-order valence-electron chi connectivity index (χ0n) is 14.5. The average molecular weight is 329 g/mol. The highest BCUT2D eigenvalue weighted by atomic mass is 32.2. The molecule has 3 aliphatic rings. The fourth-order valence-corrected chi connectivity index (χ4v) is 6.40. The van der Waals surface area contributed by atoms with E-state index in [2.05, 4.69) is 27.7 Å². The summed E-state index contributed by atoms with van der Waals surface area (Å²) in [5.41, 5.74) is 0.357. The van der Waals surface area contributed by atoms with E-state index >= 15 is 0 Å². The van der Waals surface area contributed by atoms with Crippen molar-refractivity contribution in [1.82, 2.24) is 0 Å². The van der Waals surface area contributed by atoms with Gasteiger partial charge in [-0.15, -0.1) is 0 Å². The van der Waals surface area contributed by atoms with Gasteiger partial charge in [0.2, 0.25) is 0 Å². The first-order valence-electron chi connectivity index (χ1n) is 9.18. The molecule has 0 bridgehead atoms. The zero-order chi connectivity index (χ0) is 15.9. The summed E-state index contributed by atoms with van der Waals surface area (Å²) >= 11 is -1.50. The molecule has 0 aromatic carbocycles. The van der Waals surface area contributed by atoms with Gasteiger partial charge in [0, 0.05) is 0 Å². The Bertz CT molecular complexity index is 425. The van der Waals surface area contributed by atoms with E-state index in [-0.39, 0.29) is 12.2 Å². The van der Waals surface area contributed by atoms with Gasteiger partial charge in [-0.05, 0) is 54.8 Å². The van der Waals surface area contributed by atoms with Gasteiger partial charge in [-0.2, -0.15) is 4.21 Å². The molecule has 3 fully saturated rings. The quantitative estimate of drug-likeness (QED) is 0.737. The van der Waals surface area contributed by atoms with E-state index in [1.807, 2.05) is 0 Å². The second kappa shape index (κ2) is 6.52. The minimum absolute atomic E-state index is 0.0763. The van der Waals surface area contributed by atoms with E-state index in [9.17, 15) is 4.21 Å². The van der Waals surface area contributed by atoms with Crippen molar-refractivity contribution in [3.05, 3.63) is 0 Å². The predicted molar refractivity (Wildman–Crippen MR) is 89.3 cm³/mol. The van der Waals surface area contributed by atoms with Crippen LogP contribution in [-0.2, 0) is 19.7 Å². The number of hydrogen-bond acceptors (Lipinski definition) is 3. The van der Waals surface area contributed by atoms with Crippen LogP contribution in [0.25, 0.3) is 0 Å². The number of hydrogen-bond donors (Lipinski definition) is 0. The Kier molecular flexibility index (Phi) is 5.01. The Morgan fingerprint density at radius 1 is 1.14 bits per heavy atom. The lowest BCUT2D eigenvalue weighted by Crippen LogP contribution is -2.46. The van der Waals surface area contributed by atoms with Gasteiger partial charge in [0.1, 0.15) is 12.2 Å². The van der Waals surface area contributed by atoms with Crippen LogP contribution < -0.4 is 0 Å². The Hall–Kier alpha value is 0.0700. The first-order valence-corrected chi connectivity index (χ1v) is 10.2. The minimum Gasteiger partial charge on any atom is -0.262 e. The third-order valence-electron chi connectivity index (χ3n) is 6.73. The molecule has 22 heavy (non-hydrogen) atoms. The zero-order valence-corrected chi connectivity index (χ0v) is 15.4. The highest BCUT2D eigenvalue weighted by Crippen LogP contribution is 2.60. The molecule has 4 heteroatoms. The van der Waals surface area contributed by atoms with Crippen LogP contribution >= 0.6 is 0 Å². The molecule has 0 aromatic rings. The van der Waals surface area contributed by atoms with Crippen molar-refractivity contribution in [2.75, 3.05) is 0 Å². The predicted octanol–water partition coefficient (Wildman–Crippen LogP) is 4.64. The van der Waals surface area contributed by atoms with Crippen molar-refractivity contribution in [3.8, 4) is 0 Å². The molecule has 2 aliphatic carbocycles. The van der Waals surface area contributed by atoms with E-state index in [1.165, 1.54) is 38.5 Å². The fourth-order valence-electron chi connectivity index (χ4n) is 5.51. The molecule has 0 amide bonds. The van der Waals surface area contributed by atoms with Gasteiger partial charge >= 0.3 is 11.4 Å². The van der Waals surface area contributed by atoms with Gasteiger partial charge < -0.3 is 0 Å². The second-order valence-corrected chi connectivity index (χ2v) is 9.33. The molecule has 2 saturated carbocycles. The highest BCUT2D eigenvalue weighted by molar-refractivity contribution is 7.75. The Labute approximate surface area is 138 Å². The lowest BCUT2D eigenvalue weighted by Gasteiger charge is -2.46. The molecular formula is C18H32O3S. The van der Waals surface area contributed by atoms with E-state index in [4.69, 9.17) is 8.37 Å². The third-order valence-corrected chi connectivity index (χ3v) is 7.52. The molecule has 0 radical (unpaired) electrons. The second-order valence-electron chi connectivity index (χ2n) is 8.54. The normalized spacial score (nSPS) is 45.8. The van der Waals surface area contributed by atoms with Crippen LogP contribution in [0.4, 0.5) is 0 Å². The molecule has 1 saturated heterocycles. The van der Waals surface area contributed by atoms with E-state index in [0.717, 1.165) is 24.2 Å². The maximum atomic E-state index is 11.6. The summed E-state index contributed by atoms with van der Waals surface area (Å²) in [6.07, 6.45) is 8.95. The summed E-state index contributed by atoms with van der Waals surface area (Å²) in [7, 11) is 0. The van der Waals surface area contributed by atoms with Crippen molar-refractivity contribution < 1.29 is 12.6 Å². The van der Waals surface area contributed by atoms with E-state index in [0.29, 0.717) is 11.3 Å². The number of fused-ring (bicyclic) bond motifs is 3. The Morgan fingerprint density at radius 3 is 2.64 bits per heavy atom. The van der Waals surface area contributed by atoms with Crippen molar-refractivity contribution in [3.63, 3.8) is 0 Å². The molecule has 7 atom stereocenters. The monoisotopic (exact) mass is 328 g/mol. The summed E-state index contributed by atoms with van der Waals surface area (Å²) < 4.78 is 22.7. The first-order chi connectivity index (χ1) is 10.4. The van der Waals surface area contributed by atoms with Crippen LogP contribution in [0.15, 0.2) is 0 Å². The van der Waals surface area contributed by atoms with Gasteiger partial charge in [0.15, 0.2) is 0 Å². The lowest BCUT2D eigenvalue weighted by molar-refractivity contribution is -0.0374. The van der Waals surface area contributed by atoms with Crippen molar-refractivity contribution in [2.24, 2.45) is 29.1 Å². The molecule has 1 heterocycles. The van der Waals surface area contributed by atoms with Crippen LogP contribution in [0, 0.1) is 29.1 Å². The largest absolute Gasteiger partial charge is 0.305 e. The molecule has 0 N–H and O–H groups in total. The molecule has 3 nitrogen and oxygen atoms in total. The first kappa shape index (κ1) is 16.9. The van der Waals surface area contributed by atoms with Crippen molar-refractivity contribution in [2.45, 2.75) is 84.8 Å². The fraction of sp³-hybridized carbons (Fsp3) is 1.00. The maximum absolute atomic E-state index is 11.6. The lowest BCUT2D eigenvalue weighted by atomic mass is 9.61. The minimum atomic E-state index is -1.50. The maximum Gasteiger partial charge on any atom is 0.305 e. The SMILES string of the molecule is CC(C)CCC[C@@H](C)[C@H]1CC[C@H]2[C@H]3O[S@](=O)O[C@H]3CC[C@]12C. The van der Waals surface area contributed by atoms with E-state index < -0.39 is 11.4 Å². The topological polar surface area (TPSA) is 35.5 Å². The van der Waals surface area contributed by atoms with Gasteiger partial charge in [0.05, 0.1) is 0 Å². The summed E-state index contributed by atoms with van der Waals surface area (Å²) in [4.78, 5) is 0. The van der Waals surface area contributed by atoms with Crippen LogP contribution in [0.3, 0.4) is 0 Å². The van der Waals surface area contributed by atoms with Crippen molar-refractivity contribution >= 4 is 11.4 Å². The molecule has 3 rings (SSSR count). The molecule has 128 valence electrons. The average Bonchev–Trinajstić information content (AvgIpc) is 2.97. The van der Waals surface area contributed by atoms with Gasteiger partial charge in [-0.1, -0.05) is 47.0 Å². The third kappa shape index (κ3) is 3.03.